The molecule has 20 heavy (non-hydrogen) atoms. The fourth-order valence-corrected chi connectivity index (χ4v) is 2.18. The average Bonchev–Trinajstić information content (AvgIpc) is 2.38. The number of hydrogen-bond acceptors (Lipinski definition) is 3. The molecule has 0 atom stereocenters. The predicted octanol–water partition coefficient (Wildman–Crippen LogP) is 3.05. The van der Waals surface area contributed by atoms with Crippen molar-refractivity contribution in [3.63, 3.8) is 0 Å². The normalized spacial score (nSPS) is 9.95. The number of methoxy groups -OCH3 is 1. The molecule has 2 aromatic rings. The van der Waals surface area contributed by atoms with Gasteiger partial charge in [0.2, 0.25) is 0 Å². The first-order valence-corrected chi connectivity index (χ1v) is 6.40. The molecule has 0 radical (unpaired) electrons. The number of aromatic nitrogens is 1. The lowest BCUT2D eigenvalue weighted by molar-refractivity contribution is -0.370. The molecule has 0 fully saturated rings. The van der Waals surface area contributed by atoms with Gasteiger partial charge in [0.05, 0.1) is 12.8 Å². The van der Waals surface area contributed by atoms with Crippen LogP contribution in [0.4, 0.5) is 11.5 Å². The van der Waals surface area contributed by atoms with E-state index in [0.717, 1.165) is 28.3 Å². The summed E-state index contributed by atoms with van der Waals surface area (Å²) in [4.78, 5) is 3.20. The zero-order valence-corrected chi connectivity index (χ0v) is 12.2. The van der Waals surface area contributed by atoms with Crippen molar-refractivity contribution in [2.24, 2.45) is 0 Å². The van der Waals surface area contributed by atoms with E-state index in [0.29, 0.717) is 11.4 Å². The number of benzene rings is 1. The molecule has 0 bridgehead atoms. The summed E-state index contributed by atoms with van der Waals surface area (Å²) in [5.41, 5.74) is 4.51. The monoisotopic (exact) mass is 268 g/mol. The van der Waals surface area contributed by atoms with Crippen LogP contribution < -0.4 is 15.0 Å². The first-order valence-electron chi connectivity index (χ1n) is 6.40. The van der Waals surface area contributed by atoms with Gasteiger partial charge in [0.25, 0.3) is 5.82 Å². The quantitative estimate of drug-likeness (QED) is 0.930. The molecule has 4 heteroatoms. The van der Waals surface area contributed by atoms with Gasteiger partial charge < -0.3 is 4.74 Å². The SMILES string of the molecule is COc1ccc(C)cc1Nc1[nH+]c(C)cc(C)c1C#N. The predicted molar refractivity (Wildman–Crippen MR) is 78.2 cm³/mol. The van der Waals surface area contributed by atoms with Crippen molar-refractivity contribution in [3.8, 4) is 11.8 Å². The molecular formula is C16H18N3O+. The molecule has 4 nitrogen and oxygen atoms in total. The maximum absolute atomic E-state index is 9.31. The average molecular weight is 268 g/mol. The van der Waals surface area contributed by atoms with Crippen LogP contribution in [-0.4, -0.2) is 7.11 Å². The number of nitriles is 1. The maximum Gasteiger partial charge on any atom is 0.296 e. The smallest absolute Gasteiger partial charge is 0.296 e. The van der Waals surface area contributed by atoms with E-state index in [1.807, 2.05) is 45.0 Å². The first kappa shape index (κ1) is 13.9. The number of aryl methyl sites for hydroxylation is 3. The molecule has 0 aliphatic heterocycles. The Morgan fingerprint density at radius 3 is 2.60 bits per heavy atom. The number of hydrogen-bond donors (Lipinski definition) is 1. The first-order chi connectivity index (χ1) is 9.55. The Hall–Kier alpha value is -2.54. The molecule has 0 aliphatic rings. The van der Waals surface area contributed by atoms with E-state index in [4.69, 9.17) is 4.74 Å². The Morgan fingerprint density at radius 2 is 1.95 bits per heavy atom. The second kappa shape index (κ2) is 5.62. The van der Waals surface area contributed by atoms with E-state index in [1.54, 1.807) is 7.11 Å². The fraction of sp³-hybridized carbons (Fsp3) is 0.250. The number of aromatic amines is 1. The molecule has 0 saturated heterocycles. The summed E-state index contributed by atoms with van der Waals surface area (Å²) >= 11 is 0. The van der Waals surface area contributed by atoms with Crippen LogP contribution in [-0.2, 0) is 0 Å². The minimum Gasteiger partial charge on any atom is -0.492 e. The molecular weight excluding hydrogens is 250 g/mol. The molecule has 2 rings (SSSR count). The maximum atomic E-state index is 9.31. The summed E-state index contributed by atoms with van der Waals surface area (Å²) in [6, 6.07) is 10.1. The summed E-state index contributed by atoms with van der Waals surface area (Å²) in [6.07, 6.45) is 0. The molecule has 0 spiro atoms. The van der Waals surface area contributed by atoms with Crippen molar-refractivity contribution in [2.75, 3.05) is 12.4 Å². The molecule has 0 saturated carbocycles. The summed E-state index contributed by atoms with van der Waals surface area (Å²) < 4.78 is 5.35. The Labute approximate surface area is 119 Å². The van der Waals surface area contributed by atoms with Crippen LogP contribution in [0, 0.1) is 32.1 Å². The highest BCUT2D eigenvalue weighted by Gasteiger charge is 2.17. The van der Waals surface area contributed by atoms with Crippen LogP contribution in [0.5, 0.6) is 5.75 Å². The van der Waals surface area contributed by atoms with E-state index in [2.05, 4.69) is 16.4 Å². The van der Waals surface area contributed by atoms with Crippen LogP contribution in [0.2, 0.25) is 0 Å². The highest BCUT2D eigenvalue weighted by Crippen LogP contribution is 2.28. The van der Waals surface area contributed by atoms with Crippen molar-refractivity contribution >= 4 is 11.5 Å². The lowest BCUT2D eigenvalue weighted by Crippen LogP contribution is -2.17. The minimum absolute atomic E-state index is 0.610. The van der Waals surface area contributed by atoms with Crippen molar-refractivity contribution < 1.29 is 9.72 Å². The number of rotatable bonds is 3. The zero-order valence-electron chi connectivity index (χ0n) is 12.2. The summed E-state index contributed by atoms with van der Waals surface area (Å²) in [5, 5.41) is 12.6. The molecule has 0 unspecified atom stereocenters. The van der Waals surface area contributed by atoms with Gasteiger partial charge in [-0.15, -0.1) is 0 Å². The van der Waals surface area contributed by atoms with Crippen LogP contribution in [0.1, 0.15) is 22.4 Å². The van der Waals surface area contributed by atoms with Gasteiger partial charge in [0.15, 0.2) is 11.4 Å². The number of H-pyrrole nitrogens is 1. The second-order valence-electron chi connectivity index (χ2n) is 4.83. The largest absolute Gasteiger partial charge is 0.492 e. The summed E-state index contributed by atoms with van der Waals surface area (Å²) in [7, 11) is 1.63. The highest BCUT2D eigenvalue weighted by atomic mass is 16.5. The van der Waals surface area contributed by atoms with Gasteiger partial charge in [-0.2, -0.15) is 5.26 Å². The Kier molecular flexibility index (Phi) is 3.90. The third kappa shape index (κ3) is 2.72. The molecule has 1 heterocycles. The van der Waals surface area contributed by atoms with Crippen LogP contribution in [0.25, 0.3) is 0 Å². The van der Waals surface area contributed by atoms with Gasteiger partial charge in [-0.05, 0) is 50.1 Å². The van der Waals surface area contributed by atoms with Gasteiger partial charge in [0, 0.05) is 0 Å². The van der Waals surface area contributed by atoms with E-state index in [-0.39, 0.29) is 0 Å². The molecule has 2 N–H and O–H groups in total. The number of pyridine rings is 1. The fourth-order valence-electron chi connectivity index (χ4n) is 2.18. The van der Waals surface area contributed by atoms with Crippen molar-refractivity contribution in [1.82, 2.24) is 0 Å². The van der Waals surface area contributed by atoms with Crippen molar-refractivity contribution in [2.45, 2.75) is 20.8 Å². The van der Waals surface area contributed by atoms with E-state index < -0.39 is 0 Å². The van der Waals surface area contributed by atoms with E-state index >= 15 is 0 Å². The number of nitrogens with zero attached hydrogens (tertiary/aromatic N) is 1. The van der Waals surface area contributed by atoms with Gasteiger partial charge >= 0.3 is 0 Å². The molecule has 102 valence electrons. The molecule has 0 amide bonds. The molecule has 0 aliphatic carbocycles. The minimum atomic E-state index is 0.610. The topological polar surface area (TPSA) is 59.2 Å². The van der Waals surface area contributed by atoms with Crippen molar-refractivity contribution in [1.29, 1.82) is 5.26 Å². The Balaban J connectivity index is 2.50. The second-order valence-corrected chi connectivity index (χ2v) is 4.83. The van der Waals surface area contributed by atoms with Gasteiger partial charge in [0.1, 0.15) is 11.6 Å². The van der Waals surface area contributed by atoms with Crippen LogP contribution in [0.3, 0.4) is 0 Å². The number of ether oxygens (including phenoxy) is 1. The summed E-state index contributed by atoms with van der Waals surface area (Å²) in [5.74, 6) is 1.43. The zero-order chi connectivity index (χ0) is 14.7. The van der Waals surface area contributed by atoms with E-state index in [9.17, 15) is 5.26 Å². The lowest BCUT2D eigenvalue weighted by atomic mass is 10.1. The Morgan fingerprint density at radius 1 is 1.20 bits per heavy atom. The third-order valence-electron chi connectivity index (χ3n) is 3.13. The summed E-state index contributed by atoms with van der Waals surface area (Å²) in [6.45, 7) is 5.91. The molecule has 1 aromatic carbocycles. The number of nitrogens with one attached hydrogen (secondary N) is 2. The molecule has 1 aromatic heterocycles. The Bertz CT molecular complexity index is 687. The lowest BCUT2D eigenvalue weighted by Gasteiger charge is -2.08. The van der Waals surface area contributed by atoms with Gasteiger partial charge in [-0.3, -0.25) is 0 Å². The number of anilines is 2. The van der Waals surface area contributed by atoms with Crippen LogP contribution in [0.15, 0.2) is 24.3 Å². The highest BCUT2D eigenvalue weighted by molar-refractivity contribution is 5.67. The standard InChI is InChI=1S/C16H17N3O/c1-10-5-6-15(20-4)14(7-10)19-16-13(9-17)11(2)8-12(3)18-16/h5-8H,1-4H3,(H,18,19)/p+1. The van der Waals surface area contributed by atoms with Crippen LogP contribution >= 0.6 is 0 Å². The van der Waals surface area contributed by atoms with Gasteiger partial charge in [-0.25, -0.2) is 10.3 Å². The van der Waals surface area contributed by atoms with Crippen molar-refractivity contribution in [3.05, 3.63) is 46.6 Å². The van der Waals surface area contributed by atoms with Gasteiger partial charge in [-0.1, -0.05) is 6.07 Å². The van der Waals surface area contributed by atoms with E-state index in [1.165, 1.54) is 0 Å². The third-order valence-corrected chi connectivity index (χ3v) is 3.13.